The van der Waals surface area contributed by atoms with E-state index in [9.17, 15) is 4.39 Å². The number of halogens is 3. The summed E-state index contributed by atoms with van der Waals surface area (Å²) >= 11 is 5.35. The molecule has 0 heterocycles. The molecule has 1 aromatic carbocycles. The molecule has 0 bridgehead atoms. The molecule has 0 fully saturated rings. The number of aromatic hydroxyl groups is 1. The van der Waals surface area contributed by atoms with Crippen molar-refractivity contribution < 1.29 is 9.50 Å². The second-order valence-corrected chi connectivity index (χ2v) is 2.23. The van der Waals surface area contributed by atoms with Gasteiger partial charge >= 0.3 is 0 Å². The second-order valence-electron chi connectivity index (χ2n) is 1.83. The molecule has 0 unspecified atom stereocenters. The molecular formula is C6H6Cl2FNO. The van der Waals surface area contributed by atoms with Crippen LogP contribution in [0.15, 0.2) is 12.1 Å². The first kappa shape index (κ1) is 10.3. The second kappa shape index (κ2) is 3.64. The summed E-state index contributed by atoms with van der Waals surface area (Å²) in [5.41, 5.74) is 5.10. The van der Waals surface area contributed by atoms with Gasteiger partial charge in [0.05, 0.1) is 10.7 Å². The van der Waals surface area contributed by atoms with Gasteiger partial charge in [0, 0.05) is 6.07 Å². The van der Waals surface area contributed by atoms with Crippen LogP contribution in [0.25, 0.3) is 0 Å². The Morgan fingerprint density at radius 1 is 1.45 bits per heavy atom. The Morgan fingerprint density at radius 2 is 2.00 bits per heavy atom. The summed E-state index contributed by atoms with van der Waals surface area (Å²) in [7, 11) is 0. The molecular weight excluding hydrogens is 192 g/mol. The molecule has 0 spiro atoms. The number of hydrogen-bond acceptors (Lipinski definition) is 2. The Morgan fingerprint density at radius 3 is 2.45 bits per heavy atom. The van der Waals surface area contributed by atoms with Crippen LogP contribution < -0.4 is 5.73 Å². The number of hydrogen-bond donors (Lipinski definition) is 2. The van der Waals surface area contributed by atoms with Crippen molar-refractivity contribution in [2.75, 3.05) is 5.73 Å². The molecule has 0 aliphatic carbocycles. The van der Waals surface area contributed by atoms with Gasteiger partial charge < -0.3 is 10.8 Å². The lowest BCUT2D eigenvalue weighted by Gasteiger charge is -1.99. The maximum absolute atomic E-state index is 12.3. The Hall–Kier alpha value is -0.670. The summed E-state index contributed by atoms with van der Waals surface area (Å²) in [6, 6.07) is 1.99. The predicted octanol–water partition coefficient (Wildman–Crippen LogP) is 2.19. The first-order chi connectivity index (χ1) is 4.61. The van der Waals surface area contributed by atoms with Gasteiger partial charge in [0.15, 0.2) is 5.75 Å². The minimum atomic E-state index is -0.555. The first-order valence-electron chi connectivity index (χ1n) is 2.54. The van der Waals surface area contributed by atoms with Crippen LogP contribution in [0.1, 0.15) is 0 Å². The van der Waals surface area contributed by atoms with E-state index in [-0.39, 0.29) is 28.9 Å². The summed E-state index contributed by atoms with van der Waals surface area (Å²) in [6.07, 6.45) is 0. The third-order valence-electron chi connectivity index (χ3n) is 1.06. The predicted molar refractivity (Wildman–Crippen MR) is 44.7 cm³/mol. The molecule has 0 saturated heterocycles. The zero-order chi connectivity index (χ0) is 7.72. The van der Waals surface area contributed by atoms with E-state index in [1.807, 2.05) is 0 Å². The average Bonchev–Trinajstić information content (AvgIpc) is 1.82. The van der Waals surface area contributed by atoms with E-state index in [2.05, 4.69) is 0 Å². The lowest BCUT2D eigenvalue weighted by Crippen LogP contribution is -1.87. The number of nitrogen functional groups attached to an aromatic ring is 1. The van der Waals surface area contributed by atoms with Crippen molar-refractivity contribution >= 4 is 29.7 Å². The van der Waals surface area contributed by atoms with Gasteiger partial charge in [-0.05, 0) is 6.07 Å². The zero-order valence-electron chi connectivity index (χ0n) is 5.34. The van der Waals surface area contributed by atoms with Gasteiger partial charge in [-0.3, -0.25) is 0 Å². The van der Waals surface area contributed by atoms with Crippen LogP contribution in [0.4, 0.5) is 10.1 Å². The fraction of sp³-hybridized carbons (Fsp3) is 0. The molecule has 1 rings (SSSR count). The van der Waals surface area contributed by atoms with Gasteiger partial charge in [0.25, 0.3) is 0 Å². The fourth-order valence-corrected chi connectivity index (χ4v) is 0.799. The Labute approximate surface area is 74.2 Å². The fourth-order valence-electron chi connectivity index (χ4n) is 0.586. The average molecular weight is 198 g/mol. The number of rotatable bonds is 0. The molecule has 0 saturated carbocycles. The molecule has 11 heavy (non-hydrogen) atoms. The summed E-state index contributed by atoms with van der Waals surface area (Å²) in [5.74, 6) is -0.830. The molecule has 1 aromatic rings. The van der Waals surface area contributed by atoms with Crippen molar-refractivity contribution in [3.05, 3.63) is 23.0 Å². The van der Waals surface area contributed by atoms with E-state index in [1.165, 1.54) is 0 Å². The minimum absolute atomic E-state index is 0. The maximum atomic E-state index is 12.3. The molecule has 0 aliphatic heterocycles. The van der Waals surface area contributed by atoms with Crippen molar-refractivity contribution in [2.45, 2.75) is 0 Å². The van der Waals surface area contributed by atoms with Gasteiger partial charge in [-0.15, -0.1) is 12.4 Å². The summed E-state index contributed by atoms with van der Waals surface area (Å²) in [5, 5.41) is 8.84. The van der Waals surface area contributed by atoms with Crippen LogP contribution in [0.3, 0.4) is 0 Å². The van der Waals surface area contributed by atoms with E-state index < -0.39 is 5.82 Å². The smallest absolute Gasteiger partial charge is 0.157 e. The normalized spacial score (nSPS) is 8.91. The quantitative estimate of drug-likeness (QED) is 0.495. The third-order valence-corrected chi connectivity index (χ3v) is 1.35. The van der Waals surface area contributed by atoms with Gasteiger partial charge in [-0.1, -0.05) is 11.6 Å². The van der Waals surface area contributed by atoms with Crippen LogP contribution in [-0.4, -0.2) is 5.11 Å². The van der Waals surface area contributed by atoms with Crippen molar-refractivity contribution in [3.8, 4) is 5.75 Å². The highest BCUT2D eigenvalue weighted by Crippen LogP contribution is 2.29. The van der Waals surface area contributed by atoms with E-state index in [4.69, 9.17) is 22.4 Å². The van der Waals surface area contributed by atoms with Crippen molar-refractivity contribution in [1.82, 2.24) is 0 Å². The molecule has 0 aliphatic rings. The topological polar surface area (TPSA) is 46.2 Å². The third kappa shape index (κ3) is 2.13. The van der Waals surface area contributed by atoms with Crippen LogP contribution in [0.2, 0.25) is 5.02 Å². The molecule has 0 aromatic heterocycles. The van der Waals surface area contributed by atoms with E-state index in [1.54, 1.807) is 0 Å². The van der Waals surface area contributed by atoms with E-state index in [0.717, 1.165) is 12.1 Å². The molecule has 0 radical (unpaired) electrons. The number of phenolic OH excluding ortho intramolecular Hbond substituents is 1. The summed E-state index contributed by atoms with van der Waals surface area (Å²) < 4.78 is 12.3. The number of anilines is 1. The Balaban J connectivity index is 0.000001000. The summed E-state index contributed by atoms with van der Waals surface area (Å²) in [6.45, 7) is 0. The highest BCUT2D eigenvalue weighted by Gasteiger charge is 2.03. The molecule has 0 atom stereocenters. The minimum Gasteiger partial charge on any atom is -0.504 e. The first-order valence-corrected chi connectivity index (χ1v) is 2.92. The van der Waals surface area contributed by atoms with Crippen LogP contribution in [-0.2, 0) is 0 Å². The highest BCUT2D eigenvalue weighted by molar-refractivity contribution is 6.32. The molecule has 3 N–H and O–H groups in total. The zero-order valence-corrected chi connectivity index (χ0v) is 6.92. The van der Waals surface area contributed by atoms with Gasteiger partial charge in [0.2, 0.25) is 0 Å². The van der Waals surface area contributed by atoms with Crippen molar-refractivity contribution in [1.29, 1.82) is 0 Å². The summed E-state index contributed by atoms with van der Waals surface area (Å²) in [4.78, 5) is 0. The van der Waals surface area contributed by atoms with Crippen molar-refractivity contribution in [2.24, 2.45) is 0 Å². The lowest BCUT2D eigenvalue weighted by molar-refractivity contribution is 0.476. The van der Waals surface area contributed by atoms with Gasteiger partial charge in [-0.25, -0.2) is 4.39 Å². The lowest BCUT2D eigenvalue weighted by atomic mass is 10.3. The Kier molecular flexibility index (Phi) is 3.42. The highest BCUT2D eigenvalue weighted by atomic mass is 35.5. The Bertz CT molecular complexity index is 244. The van der Waals surface area contributed by atoms with E-state index in [0.29, 0.717) is 0 Å². The molecule has 0 amide bonds. The molecule has 2 nitrogen and oxygen atoms in total. The van der Waals surface area contributed by atoms with Crippen LogP contribution >= 0.6 is 24.0 Å². The molecule has 62 valence electrons. The standard InChI is InChI=1S/C6H5ClFNO.ClH/c7-4-1-3(8)2-5(9)6(4)10;/h1-2,10H,9H2;1H. The number of benzene rings is 1. The van der Waals surface area contributed by atoms with Crippen molar-refractivity contribution in [3.63, 3.8) is 0 Å². The SMILES string of the molecule is Cl.Nc1cc(F)cc(Cl)c1O. The van der Waals surface area contributed by atoms with E-state index >= 15 is 0 Å². The maximum Gasteiger partial charge on any atom is 0.157 e. The monoisotopic (exact) mass is 197 g/mol. The number of phenols is 1. The largest absolute Gasteiger partial charge is 0.504 e. The van der Waals surface area contributed by atoms with Gasteiger partial charge in [-0.2, -0.15) is 0 Å². The number of nitrogens with two attached hydrogens (primary N) is 1. The van der Waals surface area contributed by atoms with Crippen LogP contribution in [0.5, 0.6) is 5.75 Å². The van der Waals surface area contributed by atoms with Crippen LogP contribution in [0, 0.1) is 5.82 Å². The molecule has 5 heteroatoms. The van der Waals surface area contributed by atoms with Gasteiger partial charge in [0.1, 0.15) is 5.82 Å².